The van der Waals surface area contributed by atoms with Gasteiger partial charge in [-0.25, -0.2) is 0 Å². The van der Waals surface area contributed by atoms with E-state index in [0.29, 0.717) is 6.04 Å². The Hall–Kier alpha value is -1.13. The van der Waals surface area contributed by atoms with Crippen LogP contribution in [0.3, 0.4) is 0 Å². The summed E-state index contributed by atoms with van der Waals surface area (Å²) in [5.41, 5.74) is 2.28. The molecule has 0 radical (unpaired) electrons. The summed E-state index contributed by atoms with van der Waals surface area (Å²) < 4.78 is 17.5. The van der Waals surface area contributed by atoms with Crippen LogP contribution in [0.1, 0.15) is 44.1 Å². The van der Waals surface area contributed by atoms with E-state index in [1.807, 2.05) is 12.1 Å². The number of furan rings is 1. The highest BCUT2D eigenvalue weighted by Crippen LogP contribution is 2.31. The van der Waals surface area contributed by atoms with Crippen molar-refractivity contribution in [3.05, 3.63) is 35.6 Å². The molecule has 114 valence electrons. The lowest BCUT2D eigenvalue weighted by Crippen LogP contribution is -2.37. The zero-order chi connectivity index (χ0) is 14.8. The predicted molar refractivity (Wildman–Crippen MR) is 88.0 cm³/mol. The van der Waals surface area contributed by atoms with Crippen LogP contribution in [-0.2, 0) is 17.2 Å². The second-order valence-corrected chi connectivity index (χ2v) is 7.50. The van der Waals surface area contributed by atoms with Crippen LogP contribution in [0.25, 0.3) is 11.0 Å². The van der Waals surface area contributed by atoms with Gasteiger partial charge in [-0.2, -0.15) is 0 Å². The second kappa shape index (κ2) is 6.32. The molecule has 2 aromatic rings. The lowest BCUT2D eigenvalue weighted by Gasteiger charge is -2.26. The van der Waals surface area contributed by atoms with Gasteiger partial charge in [0.25, 0.3) is 0 Å². The molecule has 4 heteroatoms. The number of hydrogen-bond donors (Lipinski definition) is 1. The quantitative estimate of drug-likeness (QED) is 0.939. The Labute approximate surface area is 128 Å². The first-order chi connectivity index (χ1) is 10.2. The van der Waals surface area contributed by atoms with Crippen LogP contribution in [0, 0.1) is 0 Å². The van der Waals surface area contributed by atoms with Crippen molar-refractivity contribution < 1.29 is 8.63 Å². The molecule has 0 aliphatic carbocycles. The van der Waals surface area contributed by atoms with Crippen LogP contribution in [0.5, 0.6) is 0 Å². The minimum Gasteiger partial charge on any atom is -0.459 e. The Morgan fingerprint density at radius 3 is 2.76 bits per heavy atom. The topological polar surface area (TPSA) is 42.2 Å². The molecule has 1 aliphatic rings. The lowest BCUT2D eigenvalue weighted by atomic mass is 10.0. The van der Waals surface area contributed by atoms with Crippen LogP contribution in [0.4, 0.5) is 0 Å². The third-order valence-corrected chi connectivity index (χ3v) is 5.73. The number of benzene rings is 1. The van der Waals surface area contributed by atoms with Crippen molar-refractivity contribution in [1.82, 2.24) is 5.32 Å². The molecule has 3 nitrogen and oxygen atoms in total. The average Bonchev–Trinajstić information content (AvgIpc) is 2.88. The Morgan fingerprint density at radius 1 is 1.33 bits per heavy atom. The summed E-state index contributed by atoms with van der Waals surface area (Å²) in [6, 6.07) is 8.91. The minimum atomic E-state index is -0.602. The summed E-state index contributed by atoms with van der Waals surface area (Å²) in [4.78, 5) is 0. The number of hydrogen-bond acceptors (Lipinski definition) is 3. The van der Waals surface area contributed by atoms with Gasteiger partial charge in [-0.3, -0.25) is 4.21 Å². The fourth-order valence-electron chi connectivity index (χ4n) is 3.22. The molecular formula is C17H23NO2S. The van der Waals surface area contributed by atoms with Crippen molar-refractivity contribution in [3.63, 3.8) is 0 Å². The molecule has 2 heterocycles. The summed E-state index contributed by atoms with van der Waals surface area (Å²) in [7, 11) is -0.602. The van der Waals surface area contributed by atoms with Gasteiger partial charge in [-0.05, 0) is 32.3 Å². The van der Waals surface area contributed by atoms with E-state index < -0.39 is 10.8 Å². The molecule has 1 N–H and O–H groups in total. The second-order valence-electron chi connectivity index (χ2n) is 5.81. The van der Waals surface area contributed by atoms with Crippen molar-refractivity contribution in [1.29, 1.82) is 0 Å². The molecule has 1 aromatic carbocycles. The van der Waals surface area contributed by atoms with Crippen LogP contribution in [-0.4, -0.2) is 21.8 Å². The zero-order valence-corrected chi connectivity index (χ0v) is 13.5. The first kappa shape index (κ1) is 14.8. The molecule has 3 rings (SSSR count). The molecule has 0 bridgehead atoms. The Balaban J connectivity index is 1.80. The van der Waals surface area contributed by atoms with E-state index in [0.717, 1.165) is 42.1 Å². The summed E-state index contributed by atoms with van der Waals surface area (Å²) in [5, 5.41) is 4.89. The van der Waals surface area contributed by atoms with E-state index in [-0.39, 0.29) is 6.04 Å². The SMILES string of the molecule is CCc1c(C(C)NC2CCS(=O)CC2)oc2ccccc12. The average molecular weight is 305 g/mol. The summed E-state index contributed by atoms with van der Waals surface area (Å²) in [5.74, 6) is 2.71. The molecule has 1 atom stereocenters. The molecule has 1 saturated heterocycles. The van der Waals surface area contributed by atoms with Gasteiger partial charge in [-0.1, -0.05) is 25.1 Å². The third-order valence-electron chi connectivity index (χ3n) is 4.35. The summed E-state index contributed by atoms with van der Waals surface area (Å²) in [6.07, 6.45) is 2.98. The van der Waals surface area contributed by atoms with E-state index in [2.05, 4.69) is 31.3 Å². The highest BCUT2D eigenvalue weighted by Gasteiger charge is 2.23. The third kappa shape index (κ3) is 3.06. The smallest absolute Gasteiger partial charge is 0.134 e. The number of fused-ring (bicyclic) bond motifs is 1. The van der Waals surface area contributed by atoms with Gasteiger partial charge in [-0.15, -0.1) is 0 Å². The Kier molecular flexibility index (Phi) is 4.45. The highest BCUT2D eigenvalue weighted by molar-refractivity contribution is 7.85. The first-order valence-electron chi connectivity index (χ1n) is 7.80. The monoisotopic (exact) mass is 305 g/mol. The molecule has 1 unspecified atom stereocenters. The maximum absolute atomic E-state index is 11.4. The van der Waals surface area contributed by atoms with Gasteiger partial charge >= 0.3 is 0 Å². The van der Waals surface area contributed by atoms with Gasteiger partial charge in [0.1, 0.15) is 11.3 Å². The maximum atomic E-state index is 11.4. The predicted octanol–water partition coefficient (Wildman–Crippen LogP) is 3.56. The maximum Gasteiger partial charge on any atom is 0.134 e. The molecule has 21 heavy (non-hydrogen) atoms. The summed E-state index contributed by atoms with van der Waals surface area (Å²) >= 11 is 0. The van der Waals surface area contributed by atoms with E-state index in [1.54, 1.807) is 0 Å². The van der Waals surface area contributed by atoms with Crippen molar-refractivity contribution in [2.24, 2.45) is 0 Å². The molecule has 0 saturated carbocycles. The van der Waals surface area contributed by atoms with Gasteiger partial charge in [0, 0.05) is 39.3 Å². The standard InChI is InChI=1S/C17H23NO2S/c1-3-14-15-6-4-5-7-16(15)20-17(14)12(2)18-13-8-10-21(19)11-9-13/h4-7,12-13,18H,3,8-11H2,1-2H3. The first-order valence-corrected chi connectivity index (χ1v) is 9.29. The van der Waals surface area contributed by atoms with Crippen LogP contribution in [0.15, 0.2) is 28.7 Å². The number of nitrogens with one attached hydrogen (secondary N) is 1. The highest BCUT2D eigenvalue weighted by atomic mass is 32.2. The fourth-order valence-corrected chi connectivity index (χ4v) is 4.52. The zero-order valence-electron chi connectivity index (χ0n) is 12.7. The number of aryl methyl sites for hydroxylation is 1. The number of rotatable bonds is 4. The van der Waals surface area contributed by atoms with Gasteiger partial charge < -0.3 is 9.73 Å². The summed E-state index contributed by atoms with van der Waals surface area (Å²) in [6.45, 7) is 4.35. The number of para-hydroxylation sites is 1. The molecular weight excluding hydrogens is 282 g/mol. The van der Waals surface area contributed by atoms with Crippen molar-refractivity contribution in [2.75, 3.05) is 11.5 Å². The fraction of sp³-hybridized carbons (Fsp3) is 0.529. The Bertz CT molecular complexity index is 639. The van der Waals surface area contributed by atoms with Gasteiger partial charge in [0.15, 0.2) is 0 Å². The molecule has 0 spiro atoms. The van der Waals surface area contributed by atoms with Crippen molar-refractivity contribution in [3.8, 4) is 0 Å². The van der Waals surface area contributed by atoms with E-state index in [1.165, 1.54) is 10.9 Å². The van der Waals surface area contributed by atoms with E-state index in [4.69, 9.17) is 4.42 Å². The lowest BCUT2D eigenvalue weighted by molar-refractivity contribution is 0.380. The van der Waals surface area contributed by atoms with Crippen molar-refractivity contribution in [2.45, 2.75) is 45.2 Å². The van der Waals surface area contributed by atoms with E-state index >= 15 is 0 Å². The molecule has 0 amide bonds. The minimum absolute atomic E-state index is 0.198. The van der Waals surface area contributed by atoms with Crippen molar-refractivity contribution >= 4 is 21.8 Å². The molecule has 1 aliphatic heterocycles. The van der Waals surface area contributed by atoms with Crippen LogP contribution >= 0.6 is 0 Å². The normalized spacial score (nSPS) is 24.3. The molecule has 1 aromatic heterocycles. The van der Waals surface area contributed by atoms with Gasteiger partial charge in [0.2, 0.25) is 0 Å². The largest absolute Gasteiger partial charge is 0.459 e. The van der Waals surface area contributed by atoms with Gasteiger partial charge in [0.05, 0.1) is 6.04 Å². The van der Waals surface area contributed by atoms with E-state index in [9.17, 15) is 4.21 Å². The molecule has 1 fully saturated rings. The van der Waals surface area contributed by atoms with Crippen LogP contribution < -0.4 is 5.32 Å². The van der Waals surface area contributed by atoms with Crippen LogP contribution in [0.2, 0.25) is 0 Å². The Morgan fingerprint density at radius 2 is 2.05 bits per heavy atom.